The zero-order valence-corrected chi connectivity index (χ0v) is 25.4. The molecule has 3 aromatic carbocycles. The van der Waals surface area contributed by atoms with Gasteiger partial charge < -0.3 is 20.1 Å². The van der Waals surface area contributed by atoms with E-state index in [0.717, 1.165) is 34.8 Å². The van der Waals surface area contributed by atoms with Gasteiger partial charge in [0.25, 0.3) is 8.32 Å². The van der Waals surface area contributed by atoms with Crippen molar-refractivity contribution in [2.24, 2.45) is 0 Å². The van der Waals surface area contributed by atoms with E-state index >= 15 is 0 Å². The molecule has 0 fully saturated rings. The molecular weight excluding hydrogens is 500 g/mol. The molecule has 0 heterocycles. The van der Waals surface area contributed by atoms with Gasteiger partial charge in [-0.15, -0.1) is 0 Å². The van der Waals surface area contributed by atoms with Crippen LogP contribution in [0.15, 0.2) is 91.0 Å². The molecule has 0 aliphatic heterocycles. The normalized spacial score (nSPS) is 12.5. The predicted octanol–water partition coefficient (Wildman–Crippen LogP) is 3.97. The third kappa shape index (κ3) is 14.9. The summed E-state index contributed by atoms with van der Waals surface area (Å²) >= 11 is 0. The summed E-state index contributed by atoms with van der Waals surface area (Å²) in [5, 5.41) is 28.1. The molecule has 0 spiro atoms. The maximum atomic E-state index is 11.6. The molecular formula is C30H46O4SiTi. The molecule has 3 rings (SSSR count). The van der Waals surface area contributed by atoms with Crippen LogP contribution in [0.25, 0.3) is 0 Å². The second-order valence-electron chi connectivity index (χ2n) is 8.58. The first-order chi connectivity index (χ1) is 16.6. The van der Waals surface area contributed by atoms with Gasteiger partial charge in [0, 0.05) is 21.7 Å². The summed E-state index contributed by atoms with van der Waals surface area (Å²) in [5.41, 5.74) is 0. The Morgan fingerprint density at radius 2 is 0.667 bits per heavy atom. The Bertz CT molecular complexity index is 744. The monoisotopic (exact) mass is 546 g/mol. The van der Waals surface area contributed by atoms with Crippen LogP contribution in [0.3, 0.4) is 0 Å². The Kier molecular flexibility index (Phi) is 21.9. The van der Waals surface area contributed by atoms with E-state index in [2.05, 4.69) is 0 Å². The number of hydrogen-bond acceptors (Lipinski definition) is 4. The molecule has 4 N–H and O–H groups in total. The molecule has 4 nitrogen and oxygen atoms in total. The third-order valence-electron chi connectivity index (χ3n) is 5.35. The number of hydrogen-bond donors (Lipinski definition) is 4. The van der Waals surface area contributed by atoms with E-state index in [0.29, 0.717) is 0 Å². The fourth-order valence-electron chi connectivity index (χ4n) is 2.54. The predicted molar refractivity (Wildman–Crippen MR) is 152 cm³/mol. The maximum Gasteiger partial charge on any atom is 0.285 e. The molecule has 198 valence electrons. The van der Waals surface area contributed by atoms with Crippen LogP contribution >= 0.6 is 0 Å². The fraction of sp³-hybridized carbons (Fsp3) is 0.400. The van der Waals surface area contributed by atoms with Crippen LogP contribution in [-0.2, 0) is 21.7 Å². The fourth-order valence-corrected chi connectivity index (χ4v) is 5.56. The number of aliphatic hydroxyl groups excluding tert-OH is 3. The van der Waals surface area contributed by atoms with Crippen molar-refractivity contribution in [3.05, 3.63) is 91.0 Å². The average Bonchev–Trinajstić information content (AvgIpc) is 2.90. The zero-order chi connectivity index (χ0) is 26.7. The first-order valence-corrected chi connectivity index (χ1v) is 14.5. The SMILES string of the molecule is CCC(C)O.CCC(C)O.CCC(C)O.O[Si](c1ccccc1)(c1ccccc1)c1ccccc1.[Ti]. The molecule has 0 aromatic heterocycles. The van der Waals surface area contributed by atoms with Crippen molar-refractivity contribution in [3.63, 3.8) is 0 Å². The van der Waals surface area contributed by atoms with Crippen LogP contribution < -0.4 is 15.6 Å². The number of benzene rings is 3. The van der Waals surface area contributed by atoms with Crippen LogP contribution in [0, 0.1) is 0 Å². The Morgan fingerprint density at radius 1 is 0.500 bits per heavy atom. The quantitative estimate of drug-likeness (QED) is 0.279. The van der Waals surface area contributed by atoms with E-state index in [1.165, 1.54) is 0 Å². The zero-order valence-electron chi connectivity index (χ0n) is 22.8. The van der Waals surface area contributed by atoms with E-state index in [9.17, 15) is 4.80 Å². The van der Waals surface area contributed by atoms with Gasteiger partial charge in [-0.25, -0.2) is 0 Å². The molecule has 3 atom stereocenters. The van der Waals surface area contributed by atoms with Crippen LogP contribution in [0.4, 0.5) is 0 Å². The Hall–Kier alpha value is -1.57. The summed E-state index contributed by atoms with van der Waals surface area (Å²) in [6, 6.07) is 30.0. The van der Waals surface area contributed by atoms with E-state index in [1.54, 1.807) is 20.8 Å². The summed E-state index contributed by atoms with van der Waals surface area (Å²) < 4.78 is 0. The van der Waals surface area contributed by atoms with Gasteiger partial charge in [0.15, 0.2) is 0 Å². The second kappa shape index (κ2) is 21.5. The summed E-state index contributed by atoms with van der Waals surface area (Å²) in [7, 11) is -2.88. The van der Waals surface area contributed by atoms with Gasteiger partial charge in [-0.2, -0.15) is 0 Å². The first kappa shape index (κ1) is 36.6. The molecule has 3 aromatic rings. The smallest absolute Gasteiger partial charge is 0.285 e. The summed E-state index contributed by atoms with van der Waals surface area (Å²) in [4.78, 5) is 11.6. The Balaban J connectivity index is 0. The topological polar surface area (TPSA) is 80.9 Å². The molecule has 36 heavy (non-hydrogen) atoms. The Morgan fingerprint density at radius 3 is 0.806 bits per heavy atom. The van der Waals surface area contributed by atoms with Crippen molar-refractivity contribution in [1.82, 2.24) is 0 Å². The van der Waals surface area contributed by atoms with Crippen LogP contribution in [-0.4, -0.2) is 46.7 Å². The van der Waals surface area contributed by atoms with Gasteiger partial charge in [-0.3, -0.25) is 0 Å². The largest absolute Gasteiger partial charge is 0.421 e. The minimum atomic E-state index is -2.88. The van der Waals surface area contributed by atoms with E-state index in [-0.39, 0.29) is 40.0 Å². The van der Waals surface area contributed by atoms with E-state index in [1.807, 2.05) is 112 Å². The van der Waals surface area contributed by atoms with Crippen LogP contribution in [0.5, 0.6) is 0 Å². The first-order valence-electron chi connectivity index (χ1n) is 12.6. The second-order valence-corrected chi connectivity index (χ2v) is 11.7. The molecule has 0 saturated carbocycles. The van der Waals surface area contributed by atoms with Crippen molar-refractivity contribution in [1.29, 1.82) is 0 Å². The molecule has 6 heteroatoms. The van der Waals surface area contributed by atoms with E-state index in [4.69, 9.17) is 15.3 Å². The molecule has 0 saturated heterocycles. The molecule has 0 aliphatic carbocycles. The van der Waals surface area contributed by atoms with Crippen molar-refractivity contribution < 1.29 is 41.8 Å². The van der Waals surface area contributed by atoms with Gasteiger partial charge in [0.2, 0.25) is 0 Å². The molecule has 0 bridgehead atoms. The standard InChI is InChI=1S/C18H16OSi.3C4H10O.Ti/c19-20(16-10-4-1-5-11-16,17-12-6-2-7-13-17)18-14-8-3-9-15-18;3*1-3-4(2)5;/h1-15,19H;3*4-5H,3H2,1-2H3;. The maximum absolute atomic E-state index is 11.6. The van der Waals surface area contributed by atoms with Crippen molar-refractivity contribution >= 4 is 23.9 Å². The van der Waals surface area contributed by atoms with Crippen LogP contribution in [0.1, 0.15) is 60.8 Å². The van der Waals surface area contributed by atoms with Gasteiger partial charge in [0.1, 0.15) is 0 Å². The molecule has 3 unspecified atom stereocenters. The minimum absolute atomic E-state index is 0. The summed E-state index contributed by atoms with van der Waals surface area (Å²) in [5.74, 6) is 0. The van der Waals surface area contributed by atoms with Crippen molar-refractivity contribution in [2.45, 2.75) is 79.1 Å². The van der Waals surface area contributed by atoms with Gasteiger partial charge in [-0.05, 0) is 55.6 Å². The molecule has 0 aliphatic rings. The van der Waals surface area contributed by atoms with Crippen molar-refractivity contribution in [2.75, 3.05) is 0 Å². The van der Waals surface area contributed by atoms with Crippen molar-refractivity contribution in [3.8, 4) is 0 Å². The summed E-state index contributed by atoms with van der Waals surface area (Å²) in [6.07, 6.45) is 2.24. The van der Waals surface area contributed by atoms with Gasteiger partial charge >= 0.3 is 0 Å². The number of aliphatic hydroxyl groups is 3. The minimum Gasteiger partial charge on any atom is -0.421 e. The van der Waals surface area contributed by atoms with Gasteiger partial charge in [0.05, 0.1) is 18.3 Å². The average molecular weight is 547 g/mol. The van der Waals surface area contributed by atoms with Gasteiger partial charge in [-0.1, -0.05) is 112 Å². The van der Waals surface area contributed by atoms with E-state index < -0.39 is 8.32 Å². The summed E-state index contributed by atoms with van der Waals surface area (Å²) in [6.45, 7) is 11.2. The molecule has 0 amide bonds. The van der Waals surface area contributed by atoms with Crippen LogP contribution in [0.2, 0.25) is 0 Å². The third-order valence-corrected chi connectivity index (χ3v) is 8.85. The Labute approximate surface area is 235 Å². The number of rotatable bonds is 6. The molecule has 0 radical (unpaired) electrons.